The fourth-order valence-corrected chi connectivity index (χ4v) is 8.44. The number of methoxy groups -OCH3 is 1. The Labute approximate surface area is 236 Å². The van der Waals surface area contributed by atoms with Crippen LogP contribution in [-0.4, -0.2) is 93.9 Å². The molecule has 9 heteroatoms. The lowest BCUT2D eigenvalue weighted by molar-refractivity contribution is -0.122. The van der Waals surface area contributed by atoms with Crippen molar-refractivity contribution in [3.8, 4) is 5.75 Å². The first-order chi connectivity index (χ1) is 18.7. The van der Waals surface area contributed by atoms with Gasteiger partial charge in [-0.15, -0.1) is 0 Å². The van der Waals surface area contributed by atoms with Gasteiger partial charge in [0.05, 0.1) is 12.0 Å². The van der Waals surface area contributed by atoms with Gasteiger partial charge >= 0.3 is 0 Å². The van der Waals surface area contributed by atoms with Crippen LogP contribution < -0.4 is 10.1 Å². The van der Waals surface area contributed by atoms with Crippen molar-refractivity contribution in [3.05, 3.63) is 23.3 Å². The van der Waals surface area contributed by atoms with E-state index in [0.717, 1.165) is 31.6 Å². The monoisotopic (exact) mass is 562 g/mol. The van der Waals surface area contributed by atoms with E-state index in [4.69, 9.17) is 4.74 Å². The lowest BCUT2D eigenvalue weighted by atomic mass is 9.87. The molecule has 1 saturated carbocycles. The van der Waals surface area contributed by atoms with E-state index in [1.165, 1.54) is 69.1 Å². The van der Waals surface area contributed by atoms with Crippen LogP contribution in [-0.2, 0) is 14.8 Å². The molecule has 2 heterocycles. The Bertz CT molecular complexity index is 1030. The molecule has 0 atom stereocenters. The van der Waals surface area contributed by atoms with Crippen molar-refractivity contribution in [2.24, 2.45) is 5.92 Å². The van der Waals surface area contributed by atoms with Gasteiger partial charge < -0.3 is 19.9 Å². The third-order valence-electron chi connectivity index (χ3n) is 9.18. The molecule has 0 unspecified atom stereocenters. The highest BCUT2D eigenvalue weighted by atomic mass is 32.2. The van der Waals surface area contributed by atoms with E-state index in [1.807, 2.05) is 0 Å². The zero-order valence-electron chi connectivity index (χ0n) is 24.6. The lowest BCUT2D eigenvalue weighted by Gasteiger charge is -2.42. The van der Waals surface area contributed by atoms with E-state index >= 15 is 0 Å². The van der Waals surface area contributed by atoms with Gasteiger partial charge in [-0.05, 0) is 121 Å². The molecule has 1 aromatic rings. The second kappa shape index (κ2) is 13.8. The molecule has 0 aromatic heterocycles. The maximum absolute atomic E-state index is 13.2. The van der Waals surface area contributed by atoms with Crippen molar-refractivity contribution in [2.75, 3.05) is 53.4 Å². The third-order valence-corrected chi connectivity index (χ3v) is 11.3. The number of amides is 1. The highest BCUT2D eigenvalue weighted by Crippen LogP contribution is 2.29. The number of likely N-dealkylation sites (tertiary alicyclic amines) is 2. The molecule has 4 rings (SSSR count). The fourth-order valence-electron chi connectivity index (χ4n) is 6.86. The second-order valence-corrected chi connectivity index (χ2v) is 14.1. The fraction of sp³-hybridized carbons (Fsp3) is 0.767. The van der Waals surface area contributed by atoms with E-state index in [9.17, 15) is 13.2 Å². The predicted molar refractivity (Wildman–Crippen MR) is 156 cm³/mol. The van der Waals surface area contributed by atoms with Gasteiger partial charge in [-0.1, -0.05) is 6.42 Å². The first-order valence-electron chi connectivity index (χ1n) is 15.0. The number of rotatable bonds is 10. The van der Waals surface area contributed by atoms with Gasteiger partial charge in [0.1, 0.15) is 5.75 Å². The van der Waals surface area contributed by atoms with Crippen LogP contribution in [0, 0.1) is 19.8 Å². The maximum atomic E-state index is 13.2. The lowest BCUT2D eigenvalue weighted by Crippen LogP contribution is -2.48. The number of hydrogen-bond acceptors (Lipinski definition) is 6. The summed E-state index contributed by atoms with van der Waals surface area (Å²) in [7, 11) is -0.580. The molecule has 1 aromatic carbocycles. The molecule has 220 valence electrons. The molecule has 1 N–H and O–H groups in total. The van der Waals surface area contributed by atoms with Crippen LogP contribution >= 0.6 is 0 Å². The molecule has 1 aliphatic carbocycles. The van der Waals surface area contributed by atoms with Crippen molar-refractivity contribution in [2.45, 2.75) is 95.0 Å². The second-order valence-electron chi connectivity index (χ2n) is 12.1. The van der Waals surface area contributed by atoms with Crippen molar-refractivity contribution < 1.29 is 17.9 Å². The molecule has 2 aliphatic heterocycles. The van der Waals surface area contributed by atoms with Gasteiger partial charge in [0, 0.05) is 38.6 Å². The van der Waals surface area contributed by atoms with Crippen LogP contribution in [0.1, 0.15) is 75.3 Å². The third kappa shape index (κ3) is 7.96. The van der Waals surface area contributed by atoms with E-state index in [1.54, 1.807) is 40.1 Å². The number of nitrogens with zero attached hydrogens (tertiary/aromatic N) is 3. The first kappa shape index (κ1) is 30.3. The number of benzene rings is 1. The van der Waals surface area contributed by atoms with Crippen LogP contribution in [0.15, 0.2) is 17.0 Å². The van der Waals surface area contributed by atoms with Gasteiger partial charge in [0.2, 0.25) is 15.9 Å². The quantitative estimate of drug-likeness (QED) is 0.465. The van der Waals surface area contributed by atoms with Crippen LogP contribution in [0.25, 0.3) is 0 Å². The smallest absolute Gasteiger partial charge is 0.243 e. The number of carbonyl (C=O) groups is 1. The number of sulfonamides is 1. The van der Waals surface area contributed by atoms with Gasteiger partial charge in [-0.2, -0.15) is 0 Å². The van der Waals surface area contributed by atoms with Crippen molar-refractivity contribution in [3.63, 3.8) is 0 Å². The largest absolute Gasteiger partial charge is 0.497 e. The summed E-state index contributed by atoms with van der Waals surface area (Å²) in [5, 5.41) is 3.18. The van der Waals surface area contributed by atoms with E-state index in [0.29, 0.717) is 27.8 Å². The molecule has 8 nitrogen and oxygen atoms in total. The number of carbonyl (C=O) groups excluding carboxylic acids is 1. The predicted octanol–water partition coefficient (Wildman–Crippen LogP) is 3.95. The summed E-state index contributed by atoms with van der Waals surface area (Å²) >= 11 is 0. The summed E-state index contributed by atoms with van der Waals surface area (Å²) < 4.78 is 33.0. The average molecular weight is 563 g/mol. The topological polar surface area (TPSA) is 82.2 Å². The van der Waals surface area contributed by atoms with Gasteiger partial charge in [0.25, 0.3) is 0 Å². The molecular formula is C30H50N4O4S. The summed E-state index contributed by atoms with van der Waals surface area (Å²) in [6.07, 6.45) is 11.2. The SMILES string of the molecule is COc1cc(C)c(S(=O)(=O)N(C)CCC(=O)N[C@H]2CC[C@@H](N3CCC(CN4CCCCC4)CC3)CC2)c(C)c1. The highest BCUT2D eigenvalue weighted by molar-refractivity contribution is 7.89. The van der Waals surface area contributed by atoms with Gasteiger partial charge in [0.15, 0.2) is 0 Å². The molecule has 3 fully saturated rings. The summed E-state index contributed by atoms with van der Waals surface area (Å²) in [6.45, 7) is 10.0. The number of hydrogen-bond donors (Lipinski definition) is 1. The minimum Gasteiger partial charge on any atom is -0.497 e. The summed E-state index contributed by atoms with van der Waals surface area (Å²) in [5.41, 5.74) is 1.29. The molecule has 0 spiro atoms. The molecule has 0 radical (unpaired) electrons. The Morgan fingerprint density at radius 1 is 0.974 bits per heavy atom. The molecule has 3 aliphatic rings. The zero-order valence-corrected chi connectivity index (χ0v) is 25.4. The molecule has 2 saturated heterocycles. The van der Waals surface area contributed by atoms with Crippen molar-refractivity contribution in [1.82, 2.24) is 19.4 Å². The number of aryl methyl sites for hydroxylation is 2. The number of ether oxygens (including phenoxy) is 1. The average Bonchev–Trinajstić information content (AvgIpc) is 2.92. The zero-order chi connectivity index (χ0) is 28.0. The van der Waals surface area contributed by atoms with E-state index in [-0.39, 0.29) is 24.9 Å². The number of nitrogens with one attached hydrogen (secondary N) is 1. The van der Waals surface area contributed by atoms with Gasteiger partial charge in [-0.25, -0.2) is 12.7 Å². The van der Waals surface area contributed by atoms with Gasteiger partial charge in [-0.3, -0.25) is 4.79 Å². The van der Waals surface area contributed by atoms with Crippen LogP contribution in [0.2, 0.25) is 0 Å². The standard InChI is InChI=1S/C30H50N4O4S/c1-23-20-28(38-4)21-24(2)30(23)39(36,37)32(3)17-14-29(35)31-26-8-10-27(11-9-26)34-18-12-25(13-19-34)22-33-15-6-5-7-16-33/h20-21,25-27H,5-19,22H2,1-4H3,(H,31,35)/t26-,27+. The normalized spacial score (nSPS) is 24.1. The van der Waals surface area contributed by atoms with Crippen LogP contribution in [0.4, 0.5) is 0 Å². The molecule has 39 heavy (non-hydrogen) atoms. The minimum atomic E-state index is -3.70. The van der Waals surface area contributed by atoms with Crippen LogP contribution in [0.5, 0.6) is 5.75 Å². The van der Waals surface area contributed by atoms with E-state index < -0.39 is 10.0 Å². The first-order valence-corrected chi connectivity index (χ1v) is 16.5. The molecule has 0 bridgehead atoms. The Kier molecular flexibility index (Phi) is 10.7. The summed E-state index contributed by atoms with van der Waals surface area (Å²) in [4.78, 5) is 18.4. The Morgan fingerprint density at radius 3 is 2.18 bits per heavy atom. The van der Waals surface area contributed by atoms with Crippen molar-refractivity contribution in [1.29, 1.82) is 0 Å². The highest BCUT2D eigenvalue weighted by Gasteiger charge is 2.31. The Morgan fingerprint density at radius 2 is 1.59 bits per heavy atom. The minimum absolute atomic E-state index is 0.0674. The molecular weight excluding hydrogens is 512 g/mol. The number of piperidine rings is 2. The maximum Gasteiger partial charge on any atom is 0.243 e. The summed E-state index contributed by atoms with van der Waals surface area (Å²) in [6, 6.07) is 4.29. The van der Waals surface area contributed by atoms with Crippen molar-refractivity contribution >= 4 is 15.9 Å². The Hall–Kier alpha value is -1.68. The molecule has 1 amide bonds. The summed E-state index contributed by atoms with van der Waals surface area (Å²) in [5.74, 6) is 1.43. The Balaban J connectivity index is 1.16. The van der Waals surface area contributed by atoms with Crippen LogP contribution in [0.3, 0.4) is 0 Å². The van der Waals surface area contributed by atoms with E-state index in [2.05, 4.69) is 15.1 Å².